The first-order valence-corrected chi connectivity index (χ1v) is 7.76. The van der Waals surface area contributed by atoms with Gasteiger partial charge in [-0.2, -0.15) is 0 Å². The second-order valence-corrected chi connectivity index (χ2v) is 7.40. The highest BCUT2D eigenvalue weighted by molar-refractivity contribution is 7.92. The summed E-state index contributed by atoms with van der Waals surface area (Å²) in [5.74, 6) is 0.972. The number of rotatable bonds is 0. The van der Waals surface area contributed by atoms with Crippen molar-refractivity contribution in [2.24, 2.45) is 0 Å². The Morgan fingerprint density at radius 2 is 0.786 bits per heavy atom. The first-order valence-electron chi connectivity index (χ1n) is 4.12. The van der Waals surface area contributed by atoms with Crippen LogP contribution >= 0.6 is 0 Å². The number of sulfone groups is 2. The summed E-state index contributed by atoms with van der Waals surface area (Å²) < 4.78 is 41.5. The Hall–Kier alpha value is -0.620. The second kappa shape index (κ2) is 4.27. The van der Waals surface area contributed by atoms with Gasteiger partial charge in [0.25, 0.3) is 0 Å². The first-order chi connectivity index (χ1) is 6.41. The van der Waals surface area contributed by atoms with Crippen LogP contribution in [0.25, 0.3) is 0 Å². The van der Waals surface area contributed by atoms with Crippen molar-refractivity contribution >= 4 is 19.7 Å². The summed E-state index contributed by atoms with van der Waals surface area (Å²) in [7, 11) is -5.31. The van der Waals surface area contributed by atoms with Gasteiger partial charge in [0.15, 0.2) is 19.7 Å². The van der Waals surface area contributed by atoms with E-state index in [9.17, 15) is 16.8 Å². The van der Waals surface area contributed by atoms with Crippen LogP contribution in [0, 0.1) is 0 Å². The summed E-state index contributed by atoms with van der Waals surface area (Å²) in [6.45, 7) is 0. The van der Waals surface area contributed by atoms with Crippen molar-refractivity contribution in [1.29, 1.82) is 0 Å². The molecule has 0 atom stereocenters. The summed E-state index contributed by atoms with van der Waals surface area (Å²) in [5.41, 5.74) is 0. The van der Waals surface area contributed by atoms with E-state index in [1.54, 1.807) is 24.3 Å². The quantitative estimate of drug-likeness (QED) is 0.553. The Morgan fingerprint density at radius 3 is 0.857 bits per heavy atom. The summed E-state index contributed by atoms with van der Waals surface area (Å²) in [5, 5.41) is 0. The first kappa shape index (κ1) is 11.5. The van der Waals surface area contributed by atoms with Gasteiger partial charge in [0.1, 0.15) is 0 Å². The maximum absolute atomic E-state index is 10.4. The molecule has 80 valence electrons. The average Bonchev–Trinajstić information content (AvgIpc) is 2.60. The molecular weight excluding hydrogens is 224 g/mol. The molecule has 2 rings (SSSR count). The van der Waals surface area contributed by atoms with Gasteiger partial charge in [-0.05, 0) is 0 Å². The van der Waals surface area contributed by atoms with E-state index in [-0.39, 0.29) is 23.0 Å². The normalized spacial score (nSPS) is 25.7. The molecule has 0 aromatic heterocycles. The Balaban J connectivity index is 0.000000140. The third-order valence-electron chi connectivity index (χ3n) is 1.73. The van der Waals surface area contributed by atoms with E-state index in [2.05, 4.69) is 0 Å². The van der Waals surface area contributed by atoms with Gasteiger partial charge in [-0.25, -0.2) is 16.8 Å². The standard InChI is InChI=1S/2C4H6O2S/c2*5-7(6)3-1-2-4-7/h2*1-2H,3-4H2. The molecular formula is C8H12O4S2. The molecule has 0 spiro atoms. The van der Waals surface area contributed by atoms with Gasteiger partial charge in [-0.3, -0.25) is 0 Å². The molecule has 0 aliphatic carbocycles. The van der Waals surface area contributed by atoms with Crippen LogP contribution in [0.2, 0.25) is 0 Å². The van der Waals surface area contributed by atoms with Gasteiger partial charge in [0.05, 0.1) is 23.0 Å². The van der Waals surface area contributed by atoms with Gasteiger partial charge >= 0.3 is 0 Å². The average molecular weight is 236 g/mol. The van der Waals surface area contributed by atoms with E-state index in [0.717, 1.165) is 0 Å². The van der Waals surface area contributed by atoms with E-state index in [4.69, 9.17) is 0 Å². The van der Waals surface area contributed by atoms with Crippen molar-refractivity contribution in [1.82, 2.24) is 0 Å². The Labute approximate surface area is 84.2 Å². The number of hydrogen-bond acceptors (Lipinski definition) is 4. The lowest BCUT2D eigenvalue weighted by atomic mass is 10.6. The molecule has 0 amide bonds. The van der Waals surface area contributed by atoms with Gasteiger partial charge in [-0.1, -0.05) is 24.3 Å². The SMILES string of the molecule is O=S1(=O)CC=CC1.O=S1(=O)CC=CC1. The van der Waals surface area contributed by atoms with Crippen LogP contribution in [-0.4, -0.2) is 39.8 Å². The molecule has 0 saturated carbocycles. The minimum absolute atomic E-state index is 0.243. The Morgan fingerprint density at radius 1 is 0.571 bits per heavy atom. The van der Waals surface area contributed by atoms with Crippen molar-refractivity contribution in [2.45, 2.75) is 0 Å². The predicted octanol–water partition coefficient (Wildman–Crippen LogP) is -0.0580. The van der Waals surface area contributed by atoms with Gasteiger partial charge < -0.3 is 0 Å². The van der Waals surface area contributed by atoms with Crippen LogP contribution in [0.15, 0.2) is 24.3 Å². The molecule has 0 fully saturated rings. The summed E-state index contributed by atoms with van der Waals surface area (Å²) in [6, 6.07) is 0. The Bertz CT molecular complexity index is 368. The zero-order valence-electron chi connectivity index (χ0n) is 7.59. The molecule has 2 aliphatic rings. The lowest BCUT2D eigenvalue weighted by molar-refractivity contribution is 0.601. The smallest absolute Gasteiger partial charge is 0.157 e. The van der Waals surface area contributed by atoms with Crippen molar-refractivity contribution in [3.8, 4) is 0 Å². The molecule has 6 heteroatoms. The lowest BCUT2D eigenvalue weighted by Gasteiger charge is -1.82. The molecule has 0 aromatic carbocycles. The van der Waals surface area contributed by atoms with E-state index in [1.165, 1.54) is 0 Å². The highest BCUT2D eigenvalue weighted by Crippen LogP contribution is 1.99. The van der Waals surface area contributed by atoms with E-state index in [1.807, 2.05) is 0 Å². The van der Waals surface area contributed by atoms with E-state index in [0.29, 0.717) is 0 Å². The number of hydrogen-bond donors (Lipinski definition) is 0. The molecule has 2 heterocycles. The summed E-state index contributed by atoms with van der Waals surface area (Å²) in [4.78, 5) is 0. The predicted molar refractivity (Wildman–Crippen MR) is 55.6 cm³/mol. The molecule has 0 radical (unpaired) electrons. The maximum atomic E-state index is 10.4. The topological polar surface area (TPSA) is 68.3 Å². The largest absolute Gasteiger partial charge is 0.228 e. The monoisotopic (exact) mass is 236 g/mol. The molecule has 2 aliphatic heterocycles. The molecule has 0 saturated heterocycles. The molecule has 4 nitrogen and oxygen atoms in total. The van der Waals surface area contributed by atoms with Crippen LogP contribution in [-0.2, 0) is 19.7 Å². The highest BCUT2D eigenvalue weighted by Gasteiger charge is 2.10. The van der Waals surface area contributed by atoms with E-state index >= 15 is 0 Å². The fraction of sp³-hybridized carbons (Fsp3) is 0.500. The molecule has 14 heavy (non-hydrogen) atoms. The van der Waals surface area contributed by atoms with Gasteiger partial charge in [0, 0.05) is 0 Å². The minimum atomic E-state index is -2.66. The zero-order chi connectivity index (χ0) is 10.7. The molecule has 0 N–H and O–H groups in total. The van der Waals surface area contributed by atoms with Gasteiger partial charge in [-0.15, -0.1) is 0 Å². The molecule has 0 bridgehead atoms. The Kier molecular flexibility index (Phi) is 3.49. The van der Waals surface area contributed by atoms with Crippen LogP contribution in [0.5, 0.6) is 0 Å². The summed E-state index contributed by atoms with van der Waals surface area (Å²) >= 11 is 0. The van der Waals surface area contributed by atoms with Gasteiger partial charge in [0.2, 0.25) is 0 Å². The highest BCUT2D eigenvalue weighted by atomic mass is 32.2. The fourth-order valence-corrected chi connectivity index (χ4v) is 2.98. The van der Waals surface area contributed by atoms with Crippen LogP contribution in [0.4, 0.5) is 0 Å². The van der Waals surface area contributed by atoms with Crippen molar-refractivity contribution in [2.75, 3.05) is 23.0 Å². The lowest BCUT2D eigenvalue weighted by Crippen LogP contribution is -1.99. The zero-order valence-corrected chi connectivity index (χ0v) is 9.22. The van der Waals surface area contributed by atoms with Crippen LogP contribution in [0.1, 0.15) is 0 Å². The molecule has 0 unspecified atom stereocenters. The van der Waals surface area contributed by atoms with Crippen LogP contribution < -0.4 is 0 Å². The summed E-state index contributed by atoms with van der Waals surface area (Å²) in [6.07, 6.45) is 6.70. The van der Waals surface area contributed by atoms with E-state index < -0.39 is 19.7 Å². The second-order valence-electron chi connectivity index (χ2n) is 3.10. The van der Waals surface area contributed by atoms with Crippen molar-refractivity contribution in [3.05, 3.63) is 24.3 Å². The maximum Gasteiger partial charge on any atom is 0.157 e. The van der Waals surface area contributed by atoms with Crippen LogP contribution in [0.3, 0.4) is 0 Å². The third kappa shape index (κ3) is 4.06. The van der Waals surface area contributed by atoms with Crippen molar-refractivity contribution < 1.29 is 16.8 Å². The third-order valence-corrected chi connectivity index (χ3v) is 4.54. The fourth-order valence-electron chi connectivity index (χ4n) is 0.995. The molecule has 0 aromatic rings. The van der Waals surface area contributed by atoms with Crippen molar-refractivity contribution in [3.63, 3.8) is 0 Å². The minimum Gasteiger partial charge on any atom is -0.228 e.